The number of rotatable bonds is 7. The van der Waals surface area contributed by atoms with E-state index in [4.69, 9.17) is 4.74 Å². The largest absolute Gasteiger partial charge is 0.496 e. The maximum absolute atomic E-state index is 5.47. The predicted molar refractivity (Wildman–Crippen MR) is 105 cm³/mol. The third-order valence-corrected chi connectivity index (χ3v) is 4.34. The first kappa shape index (κ1) is 17.9. The quantitative estimate of drug-likeness (QED) is 0.689. The highest BCUT2D eigenvalue weighted by Crippen LogP contribution is 2.26. The summed E-state index contributed by atoms with van der Waals surface area (Å²) in [7, 11) is 1.71. The molecule has 134 valence electrons. The fourth-order valence-electron chi connectivity index (χ4n) is 2.84. The Hall–Kier alpha value is -2.95. The Labute approximate surface area is 154 Å². The van der Waals surface area contributed by atoms with Gasteiger partial charge in [0.15, 0.2) is 5.82 Å². The van der Waals surface area contributed by atoms with Crippen LogP contribution in [0.25, 0.3) is 11.4 Å². The Morgan fingerprint density at radius 1 is 1.08 bits per heavy atom. The maximum atomic E-state index is 5.47. The number of ether oxygens (including phenoxy) is 1. The fourth-order valence-corrected chi connectivity index (χ4v) is 2.84. The normalized spacial score (nSPS) is 11.8. The lowest BCUT2D eigenvalue weighted by molar-refractivity contribution is 0.407. The Balaban J connectivity index is 1.79. The Morgan fingerprint density at radius 2 is 1.85 bits per heavy atom. The molecule has 26 heavy (non-hydrogen) atoms. The van der Waals surface area contributed by atoms with Crippen molar-refractivity contribution < 1.29 is 4.74 Å². The highest BCUT2D eigenvalue weighted by molar-refractivity contribution is 5.56. The van der Waals surface area contributed by atoms with E-state index in [0.717, 1.165) is 41.6 Å². The maximum Gasteiger partial charge on any atom is 0.161 e. The number of methoxy groups -OCH3 is 1. The van der Waals surface area contributed by atoms with E-state index >= 15 is 0 Å². The summed E-state index contributed by atoms with van der Waals surface area (Å²) in [5.41, 5.74) is 3.16. The lowest BCUT2D eigenvalue weighted by atomic mass is 10.00. The van der Waals surface area contributed by atoms with Crippen LogP contribution in [-0.4, -0.2) is 28.6 Å². The van der Waals surface area contributed by atoms with E-state index in [1.54, 1.807) is 19.5 Å². The summed E-state index contributed by atoms with van der Waals surface area (Å²) >= 11 is 0. The first-order chi connectivity index (χ1) is 12.7. The fraction of sp³-hybridized carbons (Fsp3) is 0.286. The Kier molecular flexibility index (Phi) is 5.79. The second-order valence-electron chi connectivity index (χ2n) is 6.18. The van der Waals surface area contributed by atoms with Gasteiger partial charge < -0.3 is 10.1 Å². The topological polar surface area (TPSA) is 59.9 Å². The molecular formula is C21H24N4O. The van der Waals surface area contributed by atoms with Gasteiger partial charge in [0.1, 0.15) is 11.6 Å². The van der Waals surface area contributed by atoms with Gasteiger partial charge in [-0.1, -0.05) is 32.0 Å². The van der Waals surface area contributed by atoms with E-state index in [1.165, 1.54) is 5.56 Å². The number of nitrogens with zero attached hydrogens (tertiary/aromatic N) is 3. The number of aromatic nitrogens is 3. The van der Waals surface area contributed by atoms with Crippen LogP contribution in [0.2, 0.25) is 0 Å². The van der Waals surface area contributed by atoms with E-state index in [2.05, 4.69) is 40.2 Å². The lowest BCUT2D eigenvalue weighted by Crippen LogP contribution is -2.12. The van der Waals surface area contributed by atoms with E-state index in [1.807, 2.05) is 36.4 Å². The van der Waals surface area contributed by atoms with Crippen LogP contribution in [-0.2, 0) is 6.42 Å². The minimum absolute atomic E-state index is 0.288. The van der Waals surface area contributed by atoms with Gasteiger partial charge in [-0.15, -0.1) is 0 Å². The SMILES string of the molecule is CCc1cc(NCC(C)c2ccccc2OC)nc(-c2ccncc2)n1. The zero-order valence-corrected chi connectivity index (χ0v) is 15.4. The molecule has 0 saturated heterocycles. The average molecular weight is 348 g/mol. The number of aryl methyl sites for hydroxylation is 1. The van der Waals surface area contributed by atoms with Crippen molar-refractivity contribution in [3.8, 4) is 17.1 Å². The molecule has 0 aliphatic rings. The molecule has 0 aliphatic heterocycles. The number of anilines is 1. The minimum Gasteiger partial charge on any atom is -0.496 e. The molecule has 2 aromatic heterocycles. The molecule has 0 spiro atoms. The van der Waals surface area contributed by atoms with E-state index in [9.17, 15) is 0 Å². The van der Waals surface area contributed by atoms with Crippen LogP contribution in [0.4, 0.5) is 5.82 Å². The number of para-hydroxylation sites is 1. The van der Waals surface area contributed by atoms with Crippen molar-refractivity contribution >= 4 is 5.82 Å². The molecule has 1 unspecified atom stereocenters. The van der Waals surface area contributed by atoms with Crippen molar-refractivity contribution in [2.45, 2.75) is 26.2 Å². The van der Waals surface area contributed by atoms with Gasteiger partial charge in [0.2, 0.25) is 0 Å². The van der Waals surface area contributed by atoms with Gasteiger partial charge in [0.25, 0.3) is 0 Å². The summed E-state index contributed by atoms with van der Waals surface area (Å²) in [5.74, 6) is 2.76. The molecule has 1 aromatic carbocycles. The highest BCUT2D eigenvalue weighted by Gasteiger charge is 2.12. The summed E-state index contributed by atoms with van der Waals surface area (Å²) < 4.78 is 5.47. The van der Waals surface area contributed by atoms with E-state index in [-0.39, 0.29) is 5.92 Å². The van der Waals surface area contributed by atoms with Crippen molar-refractivity contribution in [3.63, 3.8) is 0 Å². The zero-order valence-electron chi connectivity index (χ0n) is 15.4. The third kappa shape index (κ3) is 4.17. The van der Waals surface area contributed by atoms with Gasteiger partial charge in [-0.2, -0.15) is 0 Å². The van der Waals surface area contributed by atoms with Crippen molar-refractivity contribution in [2.24, 2.45) is 0 Å². The molecule has 5 nitrogen and oxygen atoms in total. The van der Waals surface area contributed by atoms with Gasteiger partial charge in [-0.25, -0.2) is 9.97 Å². The van der Waals surface area contributed by atoms with Crippen LogP contribution in [0.1, 0.15) is 31.0 Å². The number of benzene rings is 1. The lowest BCUT2D eigenvalue weighted by Gasteiger charge is -2.17. The summed E-state index contributed by atoms with van der Waals surface area (Å²) in [4.78, 5) is 13.4. The van der Waals surface area contributed by atoms with Gasteiger partial charge in [-0.05, 0) is 30.2 Å². The molecule has 0 saturated carbocycles. The molecule has 1 N–H and O–H groups in total. The van der Waals surface area contributed by atoms with Crippen molar-refractivity contribution in [1.82, 2.24) is 15.0 Å². The third-order valence-electron chi connectivity index (χ3n) is 4.34. The van der Waals surface area contributed by atoms with E-state index in [0.29, 0.717) is 0 Å². The molecule has 0 fully saturated rings. The first-order valence-electron chi connectivity index (χ1n) is 8.86. The predicted octanol–water partition coefficient (Wildman–Crippen LogP) is 4.33. The second-order valence-corrected chi connectivity index (χ2v) is 6.18. The van der Waals surface area contributed by atoms with Crippen molar-refractivity contribution in [1.29, 1.82) is 0 Å². The van der Waals surface area contributed by atoms with Crippen LogP contribution >= 0.6 is 0 Å². The molecule has 0 amide bonds. The molecule has 3 rings (SSSR count). The van der Waals surface area contributed by atoms with Crippen molar-refractivity contribution in [2.75, 3.05) is 19.0 Å². The highest BCUT2D eigenvalue weighted by atomic mass is 16.5. The molecule has 2 heterocycles. The second kappa shape index (κ2) is 8.43. The molecule has 0 radical (unpaired) electrons. The van der Waals surface area contributed by atoms with Crippen LogP contribution in [0.3, 0.4) is 0 Å². The molecule has 1 atom stereocenters. The standard InChI is InChI=1S/C21H24N4O/c1-4-17-13-20(25-21(24-17)16-9-11-22-12-10-16)23-14-15(2)18-7-5-6-8-19(18)26-3/h5-13,15H,4,14H2,1-3H3,(H,23,24,25). The van der Waals surface area contributed by atoms with Gasteiger partial charge in [0, 0.05) is 42.2 Å². The molecular weight excluding hydrogens is 324 g/mol. The van der Waals surface area contributed by atoms with Gasteiger partial charge in [-0.3, -0.25) is 4.98 Å². The summed E-state index contributed by atoms with van der Waals surface area (Å²) in [5, 5.41) is 3.46. The van der Waals surface area contributed by atoms with Crippen LogP contribution in [0, 0.1) is 0 Å². The van der Waals surface area contributed by atoms with E-state index < -0.39 is 0 Å². The van der Waals surface area contributed by atoms with Gasteiger partial charge >= 0.3 is 0 Å². The number of hydrogen-bond acceptors (Lipinski definition) is 5. The Morgan fingerprint density at radius 3 is 2.58 bits per heavy atom. The number of nitrogens with one attached hydrogen (secondary N) is 1. The van der Waals surface area contributed by atoms with Crippen LogP contribution < -0.4 is 10.1 Å². The summed E-state index contributed by atoms with van der Waals surface area (Å²) in [6, 6.07) is 14.0. The van der Waals surface area contributed by atoms with Crippen LogP contribution in [0.15, 0.2) is 54.9 Å². The monoisotopic (exact) mass is 348 g/mol. The first-order valence-corrected chi connectivity index (χ1v) is 8.86. The van der Waals surface area contributed by atoms with Crippen molar-refractivity contribution in [3.05, 3.63) is 66.1 Å². The molecule has 3 aromatic rings. The summed E-state index contributed by atoms with van der Waals surface area (Å²) in [6.45, 7) is 5.03. The summed E-state index contributed by atoms with van der Waals surface area (Å²) in [6.07, 6.45) is 4.37. The number of pyridine rings is 1. The average Bonchev–Trinajstić information content (AvgIpc) is 2.72. The number of hydrogen-bond donors (Lipinski definition) is 1. The molecule has 0 bridgehead atoms. The Bertz CT molecular complexity index is 852. The molecule has 0 aliphatic carbocycles. The molecule has 5 heteroatoms. The smallest absolute Gasteiger partial charge is 0.161 e. The minimum atomic E-state index is 0.288. The van der Waals surface area contributed by atoms with Crippen LogP contribution in [0.5, 0.6) is 5.75 Å². The van der Waals surface area contributed by atoms with Gasteiger partial charge in [0.05, 0.1) is 7.11 Å². The zero-order chi connectivity index (χ0) is 18.4.